The Morgan fingerprint density at radius 2 is 2.05 bits per heavy atom. The van der Waals surface area contributed by atoms with Crippen molar-refractivity contribution in [2.45, 2.75) is 24.5 Å². The number of ether oxygens (including phenoxy) is 2. The molecule has 0 bridgehead atoms. The number of morpholine rings is 1. The van der Waals surface area contributed by atoms with Crippen molar-refractivity contribution in [1.82, 2.24) is 14.9 Å². The van der Waals surface area contributed by atoms with Gasteiger partial charge < -0.3 is 20.3 Å². The molecule has 2 fully saturated rings. The minimum atomic E-state index is -0.659. The van der Waals surface area contributed by atoms with Crippen molar-refractivity contribution in [1.29, 1.82) is 0 Å². The number of aromatic nitrogens is 2. The van der Waals surface area contributed by atoms with Crippen molar-refractivity contribution in [2.75, 3.05) is 45.2 Å². The van der Waals surface area contributed by atoms with Crippen LogP contribution in [0.1, 0.15) is 24.6 Å². The summed E-state index contributed by atoms with van der Waals surface area (Å²) in [6, 6.07) is 0. The second-order valence-electron chi connectivity index (χ2n) is 5.76. The number of anilines is 1. The zero-order chi connectivity index (χ0) is 14.7. The first kappa shape index (κ1) is 14.6. The summed E-state index contributed by atoms with van der Waals surface area (Å²) in [5.74, 6) is 0.411. The molecule has 1 unspecified atom stereocenters. The van der Waals surface area contributed by atoms with Gasteiger partial charge in [-0.1, -0.05) is 0 Å². The van der Waals surface area contributed by atoms with Crippen LogP contribution in [0.4, 0.5) is 5.82 Å². The Hall–Kier alpha value is -1.28. The molecule has 0 aromatic carbocycles. The third-order valence-electron chi connectivity index (χ3n) is 4.15. The minimum absolute atomic E-state index is 0.184. The number of β-amino-alcohol motifs (C(OH)–C–C–N with tert-alkyl or cyclic N) is 1. The predicted molar refractivity (Wildman–Crippen MR) is 76.6 cm³/mol. The van der Waals surface area contributed by atoms with Crippen LogP contribution in [0.25, 0.3) is 0 Å². The van der Waals surface area contributed by atoms with Crippen LogP contribution < -0.4 is 5.73 Å². The van der Waals surface area contributed by atoms with Gasteiger partial charge in [0.25, 0.3) is 0 Å². The van der Waals surface area contributed by atoms with E-state index in [1.807, 2.05) is 0 Å². The third kappa shape index (κ3) is 3.49. The van der Waals surface area contributed by atoms with Crippen LogP contribution >= 0.6 is 0 Å². The fraction of sp³-hybridized carbons (Fsp3) is 0.714. The van der Waals surface area contributed by atoms with Crippen LogP contribution in [0.3, 0.4) is 0 Å². The SMILES string of the molecule is Nc1nccnc1C1CN(CC2(O)CCOCC2)CCO1. The van der Waals surface area contributed by atoms with Crippen molar-refractivity contribution in [2.24, 2.45) is 0 Å². The number of hydrogen-bond acceptors (Lipinski definition) is 7. The summed E-state index contributed by atoms with van der Waals surface area (Å²) in [6.45, 7) is 3.97. The van der Waals surface area contributed by atoms with Crippen molar-refractivity contribution >= 4 is 5.82 Å². The van der Waals surface area contributed by atoms with E-state index in [1.54, 1.807) is 12.4 Å². The van der Waals surface area contributed by atoms with Gasteiger partial charge >= 0.3 is 0 Å². The quantitative estimate of drug-likeness (QED) is 0.808. The monoisotopic (exact) mass is 294 g/mol. The van der Waals surface area contributed by atoms with E-state index in [4.69, 9.17) is 15.2 Å². The summed E-state index contributed by atoms with van der Waals surface area (Å²) in [4.78, 5) is 10.6. The van der Waals surface area contributed by atoms with Crippen LogP contribution in [0, 0.1) is 0 Å². The second-order valence-corrected chi connectivity index (χ2v) is 5.76. The third-order valence-corrected chi connectivity index (χ3v) is 4.15. The Bertz CT molecular complexity index is 479. The van der Waals surface area contributed by atoms with E-state index < -0.39 is 5.60 Å². The van der Waals surface area contributed by atoms with Crippen molar-refractivity contribution < 1.29 is 14.6 Å². The molecule has 0 amide bonds. The van der Waals surface area contributed by atoms with Gasteiger partial charge in [0.2, 0.25) is 0 Å². The Morgan fingerprint density at radius 3 is 2.81 bits per heavy atom. The molecule has 3 heterocycles. The molecule has 116 valence electrons. The van der Waals surface area contributed by atoms with E-state index in [0.717, 1.165) is 6.54 Å². The van der Waals surface area contributed by atoms with E-state index in [0.29, 0.717) is 57.3 Å². The van der Waals surface area contributed by atoms with Gasteiger partial charge in [-0.25, -0.2) is 4.98 Å². The van der Waals surface area contributed by atoms with Gasteiger partial charge in [0.1, 0.15) is 17.6 Å². The highest BCUT2D eigenvalue weighted by Gasteiger charge is 2.34. The highest BCUT2D eigenvalue weighted by Crippen LogP contribution is 2.27. The van der Waals surface area contributed by atoms with E-state index in [9.17, 15) is 5.11 Å². The second kappa shape index (κ2) is 6.23. The van der Waals surface area contributed by atoms with Crippen LogP contribution in [0.5, 0.6) is 0 Å². The Balaban J connectivity index is 1.64. The molecule has 3 N–H and O–H groups in total. The molecular formula is C14H22N4O3. The predicted octanol–water partition coefficient (Wildman–Crippen LogP) is -0.0264. The summed E-state index contributed by atoms with van der Waals surface area (Å²) in [5, 5.41) is 10.6. The number of nitrogen functional groups attached to an aromatic ring is 1. The van der Waals surface area contributed by atoms with Crippen LogP contribution in [-0.4, -0.2) is 65.0 Å². The summed E-state index contributed by atoms with van der Waals surface area (Å²) in [7, 11) is 0. The molecular weight excluding hydrogens is 272 g/mol. The largest absolute Gasteiger partial charge is 0.388 e. The van der Waals surface area contributed by atoms with Gasteiger partial charge in [0.15, 0.2) is 0 Å². The van der Waals surface area contributed by atoms with E-state index >= 15 is 0 Å². The number of hydrogen-bond donors (Lipinski definition) is 2. The smallest absolute Gasteiger partial charge is 0.147 e. The molecule has 2 aliphatic rings. The first-order valence-corrected chi connectivity index (χ1v) is 7.37. The Labute approximate surface area is 124 Å². The highest BCUT2D eigenvalue weighted by molar-refractivity contribution is 5.35. The summed E-state index contributed by atoms with van der Waals surface area (Å²) in [6.07, 6.45) is 4.38. The lowest BCUT2D eigenvalue weighted by molar-refractivity contribution is -0.103. The fourth-order valence-electron chi connectivity index (χ4n) is 2.94. The molecule has 0 saturated carbocycles. The molecule has 2 saturated heterocycles. The van der Waals surface area contributed by atoms with E-state index in [1.165, 1.54) is 0 Å². The topological polar surface area (TPSA) is 93.7 Å². The number of rotatable bonds is 3. The molecule has 0 radical (unpaired) electrons. The maximum Gasteiger partial charge on any atom is 0.147 e. The van der Waals surface area contributed by atoms with E-state index in [2.05, 4.69) is 14.9 Å². The maximum atomic E-state index is 10.6. The lowest BCUT2D eigenvalue weighted by atomic mass is 9.93. The van der Waals surface area contributed by atoms with Crippen molar-refractivity contribution in [3.63, 3.8) is 0 Å². The first-order valence-electron chi connectivity index (χ1n) is 7.37. The van der Waals surface area contributed by atoms with Crippen LogP contribution in [-0.2, 0) is 9.47 Å². The van der Waals surface area contributed by atoms with Gasteiger partial charge in [-0.15, -0.1) is 0 Å². The number of aliphatic hydroxyl groups is 1. The highest BCUT2D eigenvalue weighted by atomic mass is 16.5. The molecule has 1 aromatic rings. The molecule has 0 aliphatic carbocycles. The molecule has 0 spiro atoms. The van der Waals surface area contributed by atoms with Crippen molar-refractivity contribution in [3.05, 3.63) is 18.1 Å². The van der Waals surface area contributed by atoms with E-state index in [-0.39, 0.29) is 6.10 Å². The number of nitrogens with two attached hydrogens (primary N) is 1. The maximum absolute atomic E-state index is 10.6. The molecule has 3 rings (SSSR count). The lowest BCUT2D eigenvalue weighted by Gasteiger charge is -2.40. The number of nitrogens with zero attached hydrogens (tertiary/aromatic N) is 3. The van der Waals surface area contributed by atoms with Gasteiger partial charge in [0, 0.05) is 58.1 Å². The molecule has 7 heteroatoms. The van der Waals surface area contributed by atoms with Crippen LogP contribution in [0.2, 0.25) is 0 Å². The molecule has 1 aromatic heterocycles. The van der Waals surface area contributed by atoms with Gasteiger partial charge in [-0.3, -0.25) is 9.88 Å². The average molecular weight is 294 g/mol. The standard InChI is InChI=1S/C14H22N4O3/c15-13-12(16-3-4-17-13)11-9-18(5-8-21-11)10-14(19)1-6-20-7-2-14/h3-4,11,19H,1-2,5-10H2,(H2,15,17). The summed E-state index contributed by atoms with van der Waals surface area (Å²) >= 11 is 0. The fourth-order valence-corrected chi connectivity index (χ4v) is 2.94. The normalized spacial score (nSPS) is 26.6. The molecule has 2 aliphatic heterocycles. The Morgan fingerprint density at radius 1 is 1.29 bits per heavy atom. The minimum Gasteiger partial charge on any atom is -0.388 e. The summed E-state index contributed by atoms with van der Waals surface area (Å²) < 4.78 is 11.1. The Kier molecular flexibility index (Phi) is 4.34. The van der Waals surface area contributed by atoms with Crippen molar-refractivity contribution in [3.8, 4) is 0 Å². The lowest BCUT2D eigenvalue weighted by Crippen LogP contribution is -2.50. The average Bonchev–Trinajstić information content (AvgIpc) is 2.48. The van der Waals surface area contributed by atoms with Gasteiger partial charge in [-0.05, 0) is 0 Å². The van der Waals surface area contributed by atoms with Gasteiger partial charge in [0.05, 0.1) is 12.2 Å². The van der Waals surface area contributed by atoms with Gasteiger partial charge in [-0.2, -0.15) is 0 Å². The summed E-state index contributed by atoms with van der Waals surface area (Å²) in [5.41, 5.74) is 5.89. The molecule has 7 nitrogen and oxygen atoms in total. The molecule has 21 heavy (non-hydrogen) atoms. The molecule has 1 atom stereocenters. The zero-order valence-electron chi connectivity index (χ0n) is 12.1. The first-order chi connectivity index (χ1) is 10.2. The zero-order valence-corrected chi connectivity index (χ0v) is 12.1. The van der Waals surface area contributed by atoms with Crippen LogP contribution in [0.15, 0.2) is 12.4 Å².